The summed E-state index contributed by atoms with van der Waals surface area (Å²) >= 11 is 0. The SMILES string of the molecule is CCN1C=C/C(=C/c2c3ccccc3nc3ccccc23)c2ccccc21. The van der Waals surface area contributed by atoms with E-state index in [1.807, 2.05) is 0 Å². The molecule has 2 nitrogen and oxygen atoms in total. The van der Waals surface area contributed by atoms with Crippen LogP contribution in [0, 0.1) is 0 Å². The lowest BCUT2D eigenvalue weighted by molar-refractivity contribution is 1.01. The number of fused-ring (bicyclic) bond motifs is 3. The predicted octanol–water partition coefficient (Wildman–Crippen LogP) is 6.28. The van der Waals surface area contributed by atoms with E-state index in [1.54, 1.807) is 0 Å². The van der Waals surface area contributed by atoms with Crippen LogP contribution < -0.4 is 4.90 Å². The molecule has 0 radical (unpaired) electrons. The Morgan fingerprint density at radius 3 is 2.15 bits per heavy atom. The first-order valence-corrected chi connectivity index (χ1v) is 9.38. The number of anilines is 1. The molecule has 27 heavy (non-hydrogen) atoms. The summed E-state index contributed by atoms with van der Waals surface area (Å²) in [6, 6.07) is 25.4. The molecule has 4 aromatic rings. The third-order valence-electron chi connectivity index (χ3n) is 5.23. The lowest BCUT2D eigenvalue weighted by atomic mass is 9.95. The van der Waals surface area contributed by atoms with Gasteiger partial charge in [-0.1, -0.05) is 54.6 Å². The van der Waals surface area contributed by atoms with E-state index in [1.165, 1.54) is 33.2 Å². The summed E-state index contributed by atoms with van der Waals surface area (Å²) in [5.41, 5.74) is 7.06. The molecule has 2 heteroatoms. The number of benzene rings is 3. The van der Waals surface area contributed by atoms with Crippen LogP contribution in [0.15, 0.2) is 85.1 Å². The van der Waals surface area contributed by atoms with Crippen molar-refractivity contribution in [3.05, 3.63) is 96.2 Å². The summed E-state index contributed by atoms with van der Waals surface area (Å²) in [6.07, 6.45) is 6.71. The Bertz CT molecular complexity index is 1160. The first-order chi connectivity index (χ1) is 13.3. The zero-order chi connectivity index (χ0) is 18.2. The number of hydrogen-bond acceptors (Lipinski definition) is 2. The minimum atomic E-state index is 0.960. The van der Waals surface area contributed by atoms with E-state index in [-0.39, 0.29) is 0 Å². The van der Waals surface area contributed by atoms with Gasteiger partial charge in [0.05, 0.1) is 11.0 Å². The lowest BCUT2D eigenvalue weighted by Crippen LogP contribution is -2.18. The Kier molecular flexibility index (Phi) is 3.75. The third kappa shape index (κ3) is 2.61. The smallest absolute Gasteiger partial charge is 0.0715 e. The molecule has 2 heterocycles. The van der Waals surface area contributed by atoms with Crippen molar-refractivity contribution in [1.29, 1.82) is 0 Å². The highest BCUT2D eigenvalue weighted by Crippen LogP contribution is 2.36. The van der Waals surface area contributed by atoms with Gasteiger partial charge in [0, 0.05) is 34.8 Å². The quantitative estimate of drug-likeness (QED) is 0.396. The summed E-state index contributed by atoms with van der Waals surface area (Å²) in [7, 11) is 0. The molecular formula is C25H20N2. The van der Waals surface area contributed by atoms with Crippen LogP contribution in [0.1, 0.15) is 18.1 Å². The van der Waals surface area contributed by atoms with Crippen molar-refractivity contribution in [3.63, 3.8) is 0 Å². The van der Waals surface area contributed by atoms with Crippen LogP contribution in [0.4, 0.5) is 5.69 Å². The van der Waals surface area contributed by atoms with Gasteiger partial charge < -0.3 is 4.90 Å². The largest absolute Gasteiger partial charge is 0.348 e. The van der Waals surface area contributed by atoms with Gasteiger partial charge in [0.25, 0.3) is 0 Å². The minimum absolute atomic E-state index is 0.960. The zero-order valence-electron chi connectivity index (χ0n) is 15.3. The molecular weight excluding hydrogens is 328 g/mol. The van der Waals surface area contributed by atoms with E-state index in [4.69, 9.17) is 4.98 Å². The topological polar surface area (TPSA) is 16.1 Å². The molecule has 0 saturated heterocycles. The average molecular weight is 348 g/mol. The maximum absolute atomic E-state index is 4.85. The van der Waals surface area contributed by atoms with Crippen molar-refractivity contribution >= 4 is 39.1 Å². The van der Waals surface area contributed by atoms with Gasteiger partial charge in [0.2, 0.25) is 0 Å². The zero-order valence-corrected chi connectivity index (χ0v) is 15.3. The van der Waals surface area contributed by atoms with Crippen molar-refractivity contribution in [2.75, 3.05) is 11.4 Å². The minimum Gasteiger partial charge on any atom is -0.348 e. The highest BCUT2D eigenvalue weighted by Gasteiger charge is 2.15. The number of nitrogens with zero attached hydrogens (tertiary/aromatic N) is 2. The molecule has 0 aliphatic carbocycles. The highest BCUT2D eigenvalue weighted by atomic mass is 15.1. The van der Waals surface area contributed by atoms with E-state index in [0.717, 1.165) is 17.6 Å². The van der Waals surface area contributed by atoms with E-state index in [0.29, 0.717) is 0 Å². The Balaban J connectivity index is 1.81. The Labute approximate surface area is 159 Å². The molecule has 0 unspecified atom stereocenters. The molecule has 0 bridgehead atoms. The van der Waals surface area contributed by atoms with Crippen LogP contribution in [0.25, 0.3) is 33.5 Å². The second kappa shape index (κ2) is 6.40. The van der Waals surface area contributed by atoms with E-state index >= 15 is 0 Å². The van der Waals surface area contributed by atoms with E-state index in [9.17, 15) is 0 Å². The van der Waals surface area contributed by atoms with Crippen LogP contribution in [-0.2, 0) is 0 Å². The fourth-order valence-electron chi connectivity index (χ4n) is 3.89. The summed E-state index contributed by atoms with van der Waals surface area (Å²) in [5.74, 6) is 0. The molecule has 0 N–H and O–H groups in total. The standard InChI is InChI=1S/C25H20N2/c1-2-27-16-15-18(19-9-5-8-14-25(19)27)17-22-20-10-3-6-12-23(20)26-24-13-7-4-11-21(22)24/h3-17H,2H2,1H3/b18-17-. The second-order valence-electron chi connectivity index (χ2n) is 6.78. The van der Waals surface area contributed by atoms with Gasteiger partial charge in [-0.3, -0.25) is 0 Å². The average Bonchev–Trinajstić information content (AvgIpc) is 2.73. The molecule has 0 fully saturated rings. The molecule has 1 aliphatic heterocycles. The van der Waals surface area contributed by atoms with Gasteiger partial charge in [-0.2, -0.15) is 0 Å². The first kappa shape index (κ1) is 15.8. The second-order valence-corrected chi connectivity index (χ2v) is 6.78. The fraction of sp³-hybridized carbons (Fsp3) is 0.0800. The Hall–Kier alpha value is -3.39. The van der Waals surface area contributed by atoms with Gasteiger partial charge in [-0.15, -0.1) is 0 Å². The van der Waals surface area contributed by atoms with E-state index < -0.39 is 0 Å². The van der Waals surface area contributed by atoms with Crippen LogP contribution in [0.2, 0.25) is 0 Å². The van der Waals surface area contributed by atoms with Crippen molar-refractivity contribution in [2.45, 2.75) is 6.92 Å². The molecule has 0 spiro atoms. The van der Waals surface area contributed by atoms with E-state index in [2.05, 4.69) is 103 Å². The molecule has 0 saturated carbocycles. The molecule has 3 aromatic carbocycles. The van der Waals surface area contributed by atoms with Gasteiger partial charge in [0.1, 0.15) is 0 Å². The van der Waals surface area contributed by atoms with Crippen LogP contribution in [-0.4, -0.2) is 11.5 Å². The molecule has 0 atom stereocenters. The summed E-state index contributed by atoms with van der Waals surface area (Å²) in [4.78, 5) is 7.13. The van der Waals surface area contributed by atoms with Gasteiger partial charge >= 0.3 is 0 Å². The van der Waals surface area contributed by atoms with Crippen LogP contribution >= 0.6 is 0 Å². The third-order valence-corrected chi connectivity index (χ3v) is 5.23. The van der Waals surface area contributed by atoms with Crippen molar-refractivity contribution in [3.8, 4) is 0 Å². The number of rotatable bonds is 2. The lowest BCUT2D eigenvalue weighted by Gasteiger charge is -2.26. The van der Waals surface area contributed by atoms with Crippen molar-refractivity contribution in [2.24, 2.45) is 0 Å². The normalized spacial score (nSPS) is 14.9. The first-order valence-electron chi connectivity index (χ1n) is 9.38. The molecule has 0 amide bonds. The number of para-hydroxylation sites is 3. The van der Waals surface area contributed by atoms with Gasteiger partial charge in [-0.05, 0) is 48.4 Å². The molecule has 5 rings (SSSR count). The number of aromatic nitrogens is 1. The number of allylic oxidation sites excluding steroid dienone is 2. The maximum Gasteiger partial charge on any atom is 0.0715 e. The summed E-state index contributed by atoms with van der Waals surface area (Å²) in [5, 5.41) is 2.38. The summed E-state index contributed by atoms with van der Waals surface area (Å²) in [6.45, 7) is 3.14. The fourth-order valence-corrected chi connectivity index (χ4v) is 3.89. The van der Waals surface area contributed by atoms with Crippen molar-refractivity contribution < 1.29 is 0 Å². The molecule has 1 aromatic heterocycles. The van der Waals surface area contributed by atoms with Crippen molar-refractivity contribution in [1.82, 2.24) is 4.98 Å². The van der Waals surface area contributed by atoms with Crippen LogP contribution in [0.5, 0.6) is 0 Å². The van der Waals surface area contributed by atoms with Gasteiger partial charge in [-0.25, -0.2) is 4.98 Å². The monoisotopic (exact) mass is 348 g/mol. The maximum atomic E-state index is 4.85. The predicted molar refractivity (Wildman–Crippen MR) is 116 cm³/mol. The number of hydrogen-bond donors (Lipinski definition) is 0. The van der Waals surface area contributed by atoms with Crippen LogP contribution in [0.3, 0.4) is 0 Å². The molecule has 1 aliphatic rings. The summed E-state index contributed by atoms with van der Waals surface area (Å²) < 4.78 is 0. The Morgan fingerprint density at radius 1 is 0.815 bits per heavy atom. The Morgan fingerprint density at radius 2 is 1.44 bits per heavy atom. The number of pyridine rings is 1. The molecule has 130 valence electrons. The highest BCUT2D eigenvalue weighted by molar-refractivity contribution is 6.08. The van der Waals surface area contributed by atoms with Gasteiger partial charge in [0.15, 0.2) is 0 Å².